The molecule has 3 nitrogen and oxygen atoms in total. The van der Waals surface area contributed by atoms with E-state index >= 15 is 0 Å². The molecule has 2 N–H and O–H groups in total. The molecule has 0 fully saturated rings. The van der Waals surface area contributed by atoms with Crippen LogP contribution in [0.5, 0.6) is 0 Å². The molecule has 14 heavy (non-hydrogen) atoms. The van der Waals surface area contributed by atoms with Crippen molar-refractivity contribution in [2.45, 2.75) is 13.3 Å². The van der Waals surface area contributed by atoms with Gasteiger partial charge in [-0.1, -0.05) is 18.2 Å². The number of benzene rings is 1. The molecule has 72 valence electrons. The highest BCUT2D eigenvalue weighted by atomic mass is 16.3. The van der Waals surface area contributed by atoms with E-state index in [1.165, 1.54) is 0 Å². The molecular weight excluding hydrogens is 178 g/mol. The summed E-state index contributed by atoms with van der Waals surface area (Å²) in [5.41, 5.74) is 6.92. The molecule has 1 amide bonds. The van der Waals surface area contributed by atoms with Crippen LogP contribution in [-0.4, -0.2) is 5.91 Å². The van der Waals surface area contributed by atoms with Gasteiger partial charge in [0.15, 0.2) is 0 Å². The Morgan fingerprint density at radius 3 is 2.79 bits per heavy atom. The second-order valence-corrected chi connectivity index (χ2v) is 3.29. The van der Waals surface area contributed by atoms with Crippen LogP contribution in [0.25, 0.3) is 11.0 Å². The average molecular weight is 189 g/mol. The van der Waals surface area contributed by atoms with Crippen molar-refractivity contribution in [2.24, 2.45) is 5.73 Å². The van der Waals surface area contributed by atoms with E-state index < -0.39 is 0 Å². The van der Waals surface area contributed by atoms with Gasteiger partial charge >= 0.3 is 0 Å². The number of aryl methyl sites for hydroxylation is 1. The summed E-state index contributed by atoms with van der Waals surface area (Å²) in [5.74, 6) is 0.297. The van der Waals surface area contributed by atoms with E-state index in [1.54, 1.807) is 0 Å². The summed E-state index contributed by atoms with van der Waals surface area (Å²) in [5, 5.41) is 1.05. The Balaban J connectivity index is 2.57. The lowest BCUT2D eigenvalue weighted by molar-refractivity contribution is -0.117. The maximum absolute atomic E-state index is 10.8. The van der Waals surface area contributed by atoms with E-state index in [2.05, 4.69) is 0 Å². The van der Waals surface area contributed by atoms with Crippen LogP contribution in [-0.2, 0) is 11.2 Å². The molecule has 2 rings (SSSR count). The number of para-hydroxylation sites is 1. The Labute approximate surface area is 81.5 Å². The highest BCUT2D eigenvalue weighted by Gasteiger charge is 2.11. The van der Waals surface area contributed by atoms with Crippen LogP contribution in [0.15, 0.2) is 28.7 Å². The Hall–Kier alpha value is -1.77. The second kappa shape index (κ2) is 3.18. The molecular formula is C11H11NO2. The number of hydrogen-bond acceptors (Lipinski definition) is 2. The van der Waals surface area contributed by atoms with Crippen LogP contribution >= 0.6 is 0 Å². The normalized spacial score (nSPS) is 10.6. The molecule has 0 atom stereocenters. The van der Waals surface area contributed by atoms with E-state index in [4.69, 9.17) is 10.2 Å². The number of carbonyl (C=O) groups is 1. The van der Waals surface area contributed by atoms with Crippen molar-refractivity contribution in [1.82, 2.24) is 0 Å². The first-order valence-electron chi connectivity index (χ1n) is 4.44. The molecule has 0 aliphatic heterocycles. The third-order valence-electron chi connectivity index (χ3n) is 2.28. The summed E-state index contributed by atoms with van der Waals surface area (Å²) >= 11 is 0. The van der Waals surface area contributed by atoms with Gasteiger partial charge in [0.05, 0.1) is 6.42 Å². The molecule has 0 bridgehead atoms. The van der Waals surface area contributed by atoms with Crippen molar-refractivity contribution >= 4 is 16.9 Å². The van der Waals surface area contributed by atoms with Gasteiger partial charge < -0.3 is 10.2 Å². The van der Waals surface area contributed by atoms with Gasteiger partial charge in [-0.2, -0.15) is 0 Å². The lowest BCUT2D eigenvalue weighted by atomic mass is 10.1. The van der Waals surface area contributed by atoms with E-state index in [-0.39, 0.29) is 12.3 Å². The van der Waals surface area contributed by atoms with Crippen LogP contribution in [0.3, 0.4) is 0 Å². The minimum atomic E-state index is -0.368. The van der Waals surface area contributed by atoms with Crippen molar-refractivity contribution in [1.29, 1.82) is 0 Å². The molecule has 2 aromatic rings. The molecule has 1 aromatic carbocycles. The van der Waals surface area contributed by atoms with Crippen molar-refractivity contribution < 1.29 is 9.21 Å². The van der Waals surface area contributed by atoms with Gasteiger partial charge in [-0.25, -0.2) is 0 Å². The maximum Gasteiger partial charge on any atom is 0.225 e. The minimum Gasteiger partial charge on any atom is -0.460 e. The summed E-state index contributed by atoms with van der Waals surface area (Å²) in [6, 6.07) is 7.70. The molecule has 0 saturated heterocycles. The van der Waals surface area contributed by atoms with E-state index in [1.807, 2.05) is 31.2 Å². The molecule has 1 heterocycles. The quantitative estimate of drug-likeness (QED) is 0.782. The van der Waals surface area contributed by atoms with Crippen molar-refractivity contribution in [2.75, 3.05) is 0 Å². The average Bonchev–Trinajstić information content (AvgIpc) is 2.44. The Bertz CT molecular complexity index is 485. The maximum atomic E-state index is 10.8. The third kappa shape index (κ3) is 1.37. The summed E-state index contributed by atoms with van der Waals surface area (Å²) in [6.07, 6.45) is 0.167. The summed E-state index contributed by atoms with van der Waals surface area (Å²) in [6.45, 7) is 1.93. The van der Waals surface area contributed by atoms with Crippen LogP contribution in [0, 0.1) is 6.92 Å². The fourth-order valence-electron chi connectivity index (χ4n) is 1.55. The summed E-state index contributed by atoms with van der Waals surface area (Å²) < 4.78 is 5.51. The fraction of sp³-hybridized carbons (Fsp3) is 0.182. The van der Waals surface area contributed by atoms with Crippen LogP contribution in [0.2, 0.25) is 0 Å². The number of hydrogen-bond donors (Lipinski definition) is 1. The summed E-state index contributed by atoms with van der Waals surface area (Å²) in [4.78, 5) is 10.8. The number of amides is 1. The van der Waals surface area contributed by atoms with Gasteiger partial charge in [0.1, 0.15) is 11.3 Å². The first-order chi connectivity index (χ1) is 6.68. The van der Waals surface area contributed by atoms with Gasteiger partial charge in [0.2, 0.25) is 5.91 Å². The SMILES string of the molecule is Cc1c(CC(N)=O)oc2ccccc12. The lowest BCUT2D eigenvalue weighted by Gasteiger charge is -1.92. The zero-order chi connectivity index (χ0) is 10.1. The van der Waals surface area contributed by atoms with E-state index in [0.717, 1.165) is 16.5 Å². The first-order valence-corrected chi connectivity index (χ1v) is 4.44. The predicted octanol–water partition coefficient (Wildman–Crippen LogP) is 1.77. The number of furan rings is 1. The van der Waals surface area contributed by atoms with Crippen molar-refractivity contribution in [3.8, 4) is 0 Å². The smallest absolute Gasteiger partial charge is 0.225 e. The van der Waals surface area contributed by atoms with Gasteiger partial charge in [-0.05, 0) is 18.6 Å². The molecule has 3 heteroatoms. The lowest BCUT2D eigenvalue weighted by Crippen LogP contribution is -2.13. The van der Waals surface area contributed by atoms with Crippen LogP contribution < -0.4 is 5.73 Å². The standard InChI is InChI=1S/C11H11NO2/c1-7-8-4-2-3-5-9(8)14-10(7)6-11(12)13/h2-5H,6H2,1H3,(H2,12,13). The molecule has 0 saturated carbocycles. The van der Waals surface area contributed by atoms with Gasteiger partial charge in [-0.3, -0.25) is 4.79 Å². The van der Waals surface area contributed by atoms with Crippen LogP contribution in [0.1, 0.15) is 11.3 Å². The largest absolute Gasteiger partial charge is 0.460 e. The first kappa shape index (κ1) is 8.81. The number of nitrogens with two attached hydrogens (primary N) is 1. The third-order valence-corrected chi connectivity index (χ3v) is 2.28. The Morgan fingerprint density at radius 2 is 2.14 bits per heavy atom. The second-order valence-electron chi connectivity index (χ2n) is 3.29. The Kier molecular flexibility index (Phi) is 2.00. The molecule has 0 radical (unpaired) electrons. The number of primary amides is 1. The van der Waals surface area contributed by atoms with Crippen molar-refractivity contribution in [3.05, 3.63) is 35.6 Å². The van der Waals surface area contributed by atoms with Crippen molar-refractivity contribution in [3.63, 3.8) is 0 Å². The zero-order valence-corrected chi connectivity index (χ0v) is 7.91. The van der Waals surface area contributed by atoms with Gasteiger partial charge in [-0.15, -0.1) is 0 Å². The van der Waals surface area contributed by atoms with Gasteiger partial charge in [0.25, 0.3) is 0 Å². The van der Waals surface area contributed by atoms with Gasteiger partial charge in [0, 0.05) is 5.39 Å². The molecule has 0 aliphatic rings. The fourth-order valence-corrected chi connectivity index (χ4v) is 1.55. The molecule has 0 spiro atoms. The van der Waals surface area contributed by atoms with E-state index in [9.17, 15) is 4.79 Å². The predicted molar refractivity (Wildman–Crippen MR) is 53.8 cm³/mol. The molecule has 1 aromatic heterocycles. The van der Waals surface area contributed by atoms with E-state index in [0.29, 0.717) is 5.76 Å². The number of fused-ring (bicyclic) bond motifs is 1. The topological polar surface area (TPSA) is 56.2 Å². The molecule has 0 unspecified atom stereocenters. The Morgan fingerprint density at radius 1 is 1.43 bits per heavy atom. The van der Waals surface area contributed by atoms with Crippen LogP contribution in [0.4, 0.5) is 0 Å². The zero-order valence-electron chi connectivity index (χ0n) is 7.91. The highest BCUT2D eigenvalue weighted by Crippen LogP contribution is 2.24. The number of carbonyl (C=O) groups excluding carboxylic acids is 1. The molecule has 0 aliphatic carbocycles. The monoisotopic (exact) mass is 189 g/mol. The number of rotatable bonds is 2. The highest BCUT2D eigenvalue weighted by molar-refractivity contribution is 5.84. The summed E-state index contributed by atoms with van der Waals surface area (Å²) in [7, 11) is 0. The minimum absolute atomic E-state index is 0.167.